The van der Waals surface area contributed by atoms with Crippen molar-refractivity contribution in [3.05, 3.63) is 46.8 Å². The quantitative estimate of drug-likeness (QED) is 0.823. The summed E-state index contributed by atoms with van der Waals surface area (Å²) in [5, 5.41) is 7.20. The highest BCUT2D eigenvalue weighted by molar-refractivity contribution is 5.33. The minimum Gasteiger partial charge on any atom is -0.493 e. The second kappa shape index (κ2) is 6.97. The maximum Gasteiger partial charge on any atom is 0.119 e. The molecule has 0 fully saturated rings. The maximum atomic E-state index is 6.00. The number of fused-ring (bicyclic) bond motifs is 1. The normalized spacial score (nSPS) is 17.3. The fourth-order valence-electron chi connectivity index (χ4n) is 2.87. The lowest BCUT2D eigenvalue weighted by atomic mass is 9.96. The smallest absolute Gasteiger partial charge is 0.119 e. The topological polar surface area (TPSA) is 47.1 Å². The number of benzene rings is 1. The van der Waals surface area contributed by atoms with Gasteiger partial charge in [0.1, 0.15) is 5.75 Å². The van der Waals surface area contributed by atoms with E-state index in [1.54, 1.807) is 0 Å². The summed E-state index contributed by atoms with van der Waals surface area (Å²) in [5.74, 6) is 0.941. The van der Waals surface area contributed by atoms with Crippen LogP contribution in [-0.4, -0.2) is 23.4 Å². The highest BCUT2D eigenvalue weighted by Crippen LogP contribution is 2.30. The molecule has 0 saturated carbocycles. The standard InChI is InChI=1S/C18H24N2O2/c1-13-7-8-16(11-14(13)2)21-9-4-10-22-17-6-3-5-15-12-19-20-18(15)17/h7-8,11-12,17H,3-6,9-10H2,1-2H3,(H,19,20)/t17-/m0/s1. The first-order valence-electron chi connectivity index (χ1n) is 8.08. The SMILES string of the molecule is Cc1ccc(OCCCO[C@H]2CCCc3cn[nH]c32)cc1C. The van der Waals surface area contributed by atoms with Gasteiger partial charge in [-0.1, -0.05) is 6.07 Å². The number of nitrogens with zero attached hydrogens (tertiary/aromatic N) is 1. The van der Waals surface area contributed by atoms with Crippen LogP contribution in [0.25, 0.3) is 0 Å². The van der Waals surface area contributed by atoms with Crippen molar-refractivity contribution in [2.24, 2.45) is 0 Å². The highest BCUT2D eigenvalue weighted by atomic mass is 16.5. The van der Waals surface area contributed by atoms with Crippen molar-refractivity contribution in [2.45, 2.75) is 45.6 Å². The van der Waals surface area contributed by atoms with Crippen LogP contribution in [0.15, 0.2) is 24.4 Å². The van der Waals surface area contributed by atoms with Gasteiger partial charge in [-0.25, -0.2) is 0 Å². The van der Waals surface area contributed by atoms with Crippen molar-refractivity contribution in [3.8, 4) is 5.75 Å². The Hall–Kier alpha value is -1.81. The molecule has 22 heavy (non-hydrogen) atoms. The van der Waals surface area contributed by atoms with E-state index < -0.39 is 0 Å². The van der Waals surface area contributed by atoms with E-state index in [0.29, 0.717) is 13.2 Å². The van der Waals surface area contributed by atoms with E-state index in [0.717, 1.165) is 25.0 Å². The molecule has 1 atom stereocenters. The molecule has 0 saturated heterocycles. The lowest BCUT2D eigenvalue weighted by Crippen LogP contribution is -2.14. The third-order valence-corrected chi connectivity index (χ3v) is 4.34. The predicted molar refractivity (Wildman–Crippen MR) is 86.2 cm³/mol. The first-order chi connectivity index (χ1) is 10.7. The molecule has 1 N–H and O–H groups in total. The Bertz CT molecular complexity index is 621. The van der Waals surface area contributed by atoms with Gasteiger partial charge in [0, 0.05) is 6.42 Å². The molecule has 0 unspecified atom stereocenters. The number of H-pyrrole nitrogens is 1. The van der Waals surface area contributed by atoms with Gasteiger partial charge in [0.2, 0.25) is 0 Å². The summed E-state index contributed by atoms with van der Waals surface area (Å²) in [6.45, 7) is 5.62. The number of aromatic amines is 1. The van der Waals surface area contributed by atoms with Gasteiger partial charge < -0.3 is 9.47 Å². The van der Waals surface area contributed by atoms with Crippen molar-refractivity contribution < 1.29 is 9.47 Å². The Balaban J connectivity index is 1.40. The molecule has 2 aromatic rings. The van der Waals surface area contributed by atoms with Crippen LogP contribution in [0.5, 0.6) is 5.75 Å². The number of hydrogen-bond acceptors (Lipinski definition) is 3. The molecule has 0 aliphatic heterocycles. The molecule has 118 valence electrons. The Morgan fingerprint density at radius 2 is 2.14 bits per heavy atom. The van der Waals surface area contributed by atoms with E-state index >= 15 is 0 Å². The predicted octanol–water partition coefficient (Wildman–Crippen LogP) is 3.89. The monoisotopic (exact) mass is 300 g/mol. The van der Waals surface area contributed by atoms with Gasteiger partial charge in [-0.3, -0.25) is 5.10 Å². The molecule has 1 aromatic heterocycles. The van der Waals surface area contributed by atoms with Crippen LogP contribution in [-0.2, 0) is 11.2 Å². The van der Waals surface area contributed by atoms with Gasteiger partial charge in [0.15, 0.2) is 0 Å². The summed E-state index contributed by atoms with van der Waals surface area (Å²) in [4.78, 5) is 0. The van der Waals surface area contributed by atoms with E-state index in [1.165, 1.54) is 28.8 Å². The lowest BCUT2D eigenvalue weighted by molar-refractivity contribution is 0.0312. The Kier molecular flexibility index (Phi) is 4.78. The summed E-state index contributed by atoms with van der Waals surface area (Å²) in [6.07, 6.45) is 6.36. The summed E-state index contributed by atoms with van der Waals surface area (Å²) >= 11 is 0. The minimum absolute atomic E-state index is 0.174. The van der Waals surface area contributed by atoms with Crippen LogP contribution in [0.1, 0.15) is 47.8 Å². The van der Waals surface area contributed by atoms with Crippen molar-refractivity contribution in [2.75, 3.05) is 13.2 Å². The minimum atomic E-state index is 0.174. The lowest BCUT2D eigenvalue weighted by Gasteiger charge is -2.22. The molecule has 1 aliphatic rings. The average molecular weight is 300 g/mol. The fourth-order valence-corrected chi connectivity index (χ4v) is 2.87. The zero-order valence-electron chi connectivity index (χ0n) is 13.4. The molecule has 0 spiro atoms. The number of aryl methyl sites for hydroxylation is 3. The number of aromatic nitrogens is 2. The molecule has 1 aliphatic carbocycles. The van der Waals surface area contributed by atoms with Crippen molar-refractivity contribution in [3.63, 3.8) is 0 Å². The van der Waals surface area contributed by atoms with Crippen molar-refractivity contribution in [1.82, 2.24) is 10.2 Å². The molecule has 0 amide bonds. The summed E-state index contributed by atoms with van der Waals surface area (Å²) in [5.41, 5.74) is 5.04. The van der Waals surface area contributed by atoms with E-state index in [2.05, 4.69) is 36.2 Å². The van der Waals surface area contributed by atoms with Crippen LogP contribution in [0, 0.1) is 13.8 Å². The highest BCUT2D eigenvalue weighted by Gasteiger charge is 2.22. The summed E-state index contributed by atoms with van der Waals surface area (Å²) in [6, 6.07) is 6.22. The molecular formula is C18H24N2O2. The van der Waals surface area contributed by atoms with Crippen molar-refractivity contribution in [1.29, 1.82) is 0 Å². The summed E-state index contributed by atoms with van der Waals surface area (Å²) in [7, 11) is 0. The van der Waals surface area contributed by atoms with Gasteiger partial charge in [-0.05, 0) is 61.9 Å². The summed E-state index contributed by atoms with van der Waals surface area (Å²) < 4.78 is 11.8. The molecule has 1 aromatic carbocycles. The van der Waals surface area contributed by atoms with E-state index in [-0.39, 0.29) is 6.10 Å². The Labute approximate surface area is 131 Å². The number of rotatable bonds is 6. The van der Waals surface area contributed by atoms with E-state index in [4.69, 9.17) is 9.47 Å². The van der Waals surface area contributed by atoms with E-state index in [1.807, 2.05) is 12.3 Å². The van der Waals surface area contributed by atoms with Gasteiger partial charge in [-0.15, -0.1) is 0 Å². The molecular weight excluding hydrogens is 276 g/mol. The molecule has 4 nitrogen and oxygen atoms in total. The molecule has 3 rings (SSSR count). The van der Waals surface area contributed by atoms with E-state index in [9.17, 15) is 0 Å². The first-order valence-corrected chi connectivity index (χ1v) is 8.08. The van der Waals surface area contributed by atoms with Crippen LogP contribution in [0.2, 0.25) is 0 Å². The Morgan fingerprint density at radius 1 is 1.23 bits per heavy atom. The van der Waals surface area contributed by atoms with Gasteiger partial charge >= 0.3 is 0 Å². The third kappa shape index (κ3) is 3.50. The number of hydrogen-bond donors (Lipinski definition) is 1. The largest absolute Gasteiger partial charge is 0.493 e. The second-order valence-electron chi connectivity index (χ2n) is 6.01. The second-order valence-corrected chi connectivity index (χ2v) is 6.01. The Morgan fingerprint density at radius 3 is 3.00 bits per heavy atom. The average Bonchev–Trinajstić information content (AvgIpc) is 3.00. The fraction of sp³-hybridized carbons (Fsp3) is 0.500. The van der Waals surface area contributed by atoms with Crippen LogP contribution in [0.4, 0.5) is 0 Å². The molecule has 1 heterocycles. The van der Waals surface area contributed by atoms with Crippen LogP contribution < -0.4 is 4.74 Å². The zero-order valence-corrected chi connectivity index (χ0v) is 13.4. The zero-order chi connectivity index (χ0) is 15.4. The third-order valence-electron chi connectivity index (χ3n) is 4.34. The van der Waals surface area contributed by atoms with Crippen LogP contribution >= 0.6 is 0 Å². The van der Waals surface area contributed by atoms with Gasteiger partial charge in [-0.2, -0.15) is 5.10 Å². The maximum absolute atomic E-state index is 6.00. The van der Waals surface area contributed by atoms with Gasteiger partial charge in [0.05, 0.1) is 31.2 Å². The molecule has 4 heteroatoms. The van der Waals surface area contributed by atoms with Crippen LogP contribution in [0.3, 0.4) is 0 Å². The first kappa shape index (κ1) is 15.1. The van der Waals surface area contributed by atoms with Gasteiger partial charge in [0.25, 0.3) is 0 Å². The van der Waals surface area contributed by atoms with Crippen molar-refractivity contribution >= 4 is 0 Å². The number of nitrogens with one attached hydrogen (secondary N) is 1. The number of ether oxygens (including phenoxy) is 2. The molecule has 0 radical (unpaired) electrons. The molecule has 0 bridgehead atoms.